The number of nitriles is 1. The lowest BCUT2D eigenvalue weighted by Crippen LogP contribution is -1.95. The molecule has 2 nitrogen and oxygen atoms in total. The van der Waals surface area contributed by atoms with Crippen molar-refractivity contribution in [2.45, 2.75) is 13.3 Å². The third kappa shape index (κ3) is 2.84. The molecule has 0 saturated carbocycles. The summed E-state index contributed by atoms with van der Waals surface area (Å²) in [5.41, 5.74) is 3.28. The van der Waals surface area contributed by atoms with Crippen molar-refractivity contribution in [3.63, 3.8) is 0 Å². The van der Waals surface area contributed by atoms with E-state index in [1.807, 2.05) is 13.0 Å². The van der Waals surface area contributed by atoms with Crippen LogP contribution in [0.15, 0.2) is 24.4 Å². The molecule has 0 atom stereocenters. The molecular weight excluding hydrogens is 303 g/mol. The van der Waals surface area contributed by atoms with Gasteiger partial charge in [0.05, 0.1) is 33.3 Å². The molecule has 0 bridgehead atoms. The van der Waals surface area contributed by atoms with Gasteiger partial charge in [0, 0.05) is 11.8 Å². The largest absolute Gasteiger partial charge is 0.256 e. The van der Waals surface area contributed by atoms with Crippen molar-refractivity contribution < 1.29 is 0 Å². The van der Waals surface area contributed by atoms with Crippen LogP contribution >= 0.6 is 34.8 Å². The van der Waals surface area contributed by atoms with E-state index in [9.17, 15) is 0 Å². The standard InChI is InChI=1S/C14H9Cl3N2/c1-8-9(2-4-18)3-5-19-14(8)10-6-12(16)13(17)7-11(10)15/h3,5-7H,2H2,1H3. The van der Waals surface area contributed by atoms with Crippen LogP contribution in [0.25, 0.3) is 11.3 Å². The van der Waals surface area contributed by atoms with E-state index < -0.39 is 0 Å². The van der Waals surface area contributed by atoms with E-state index >= 15 is 0 Å². The van der Waals surface area contributed by atoms with Crippen LogP contribution in [0.2, 0.25) is 15.1 Å². The number of benzene rings is 1. The van der Waals surface area contributed by atoms with Gasteiger partial charge in [-0.2, -0.15) is 5.26 Å². The lowest BCUT2D eigenvalue weighted by molar-refractivity contribution is 1.16. The molecule has 0 radical (unpaired) electrons. The number of halogens is 3. The number of nitrogens with zero attached hydrogens (tertiary/aromatic N) is 2. The molecule has 0 unspecified atom stereocenters. The second-order valence-electron chi connectivity index (χ2n) is 4.02. The molecular formula is C14H9Cl3N2. The van der Waals surface area contributed by atoms with Crippen LogP contribution in [0.1, 0.15) is 11.1 Å². The van der Waals surface area contributed by atoms with Crippen molar-refractivity contribution in [1.82, 2.24) is 4.98 Å². The summed E-state index contributed by atoms with van der Waals surface area (Å²) < 4.78 is 0. The van der Waals surface area contributed by atoms with E-state index in [4.69, 9.17) is 40.1 Å². The summed E-state index contributed by atoms with van der Waals surface area (Å²) in [6, 6.07) is 7.25. The Labute approximate surface area is 126 Å². The first-order valence-electron chi connectivity index (χ1n) is 5.51. The fourth-order valence-electron chi connectivity index (χ4n) is 1.83. The van der Waals surface area contributed by atoms with Gasteiger partial charge in [-0.05, 0) is 36.2 Å². The second kappa shape index (κ2) is 5.79. The molecule has 0 aliphatic carbocycles. The third-order valence-electron chi connectivity index (χ3n) is 2.85. The third-order valence-corrected chi connectivity index (χ3v) is 3.89. The predicted octanol–water partition coefficient (Wildman–Crippen LogP) is 5.08. The topological polar surface area (TPSA) is 36.7 Å². The van der Waals surface area contributed by atoms with Gasteiger partial charge in [0.2, 0.25) is 0 Å². The van der Waals surface area contributed by atoms with Crippen molar-refractivity contribution >= 4 is 34.8 Å². The summed E-state index contributed by atoms with van der Waals surface area (Å²) in [6.07, 6.45) is 1.99. The van der Waals surface area contributed by atoms with Gasteiger partial charge in [-0.25, -0.2) is 0 Å². The van der Waals surface area contributed by atoms with Crippen LogP contribution in [-0.4, -0.2) is 4.98 Å². The number of pyridine rings is 1. The lowest BCUT2D eigenvalue weighted by Gasteiger charge is -2.11. The average molecular weight is 312 g/mol. The molecule has 0 aliphatic heterocycles. The quantitative estimate of drug-likeness (QED) is 0.725. The molecule has 2 aromatic rings. The van der Waals surface area contributed by atoms with Crippen LogP contribution in [0.5, 0.6) is 0 Å². The van der Waals surface area contributed by atoms with Crippen molar-refractivity contribution in [3.8, 4) is 17.3 Å². The molecule has 5 heteroatoms. The van der Waals surface area contributed by atoms with Gasteiger partial charge in [0.25, 0.3) is 0 Å². The van der Waals surface area contributed by atoms with E-state index in [-0.39, 0.29) is 0 Å². The molecule has 0 N–H and O–H groups in total. The highest BCUT2D eigenvalue weighted by atomic mass is 35.5. The van der Waals surface area contributed by atoms with Gasteiger partial charge < -0.3 is 0 Å². The zero-order valence-electron chi connectivity index (χ0n) is 10.0. The molecule has 19 heavy (non-hydrogen) atoms. The molecule has 0 saturated heterocycles. The molecule has 0 spiro atoms. The molecule has 0 fully saturated rings. The normalized spacial score (nSPS) is 10.3. The molecule has 0 aliphatic rings. The van der Waals surface area contributed by atoms with E-state index in [2.05, 4.69) is 11.1 Å². The SMILES string of the molecule is Cc1c(CC#N)ccnc1-c1cc(Cl)c(Cl)cc1Cl. The van der Waals surface area contributed by atoms with E-state index in [0.29, 0.717) is 27.1 Å². The van der Waals surface area contributed by atoms with E-state index in [1.165, 1.54) is 0 Å². The Balaban J connectivity index is 2.63. The Morgan fingerprint density at radius 3 is 2.53 bits per heavy atom. The maximum atomic E-state index is 8.81. The fraction of sp³-hybridized carbons (Fsp3) is 0.143. The molecule has 1 aromatic heterocycles. The fourth-order valence-corrected chi connectivity index (χ4v) is 2.46. The van der Waals surface area contributed by atoms with Gasteiger partial charge in [-0.15, -0.1) is 0 Å². The van der Waals surface area contributed by atoms with Crippen LogP contribution in [-0.2, 0) is 6.42 Å². The van der Waals surface area contributed by atoms with E-state index in [1.54, 1.807) is 18.3 Å². The number of rotatable bonds is 2. The Bertz CT molecular complexity index is 675. The number of hydrogen-bond donors (Lipinski definition) is 0. The molecule has 1 aromatic carbocycles. The van der Waals surface area contributed by atoms with Crippen LogP contribution < -0.4 is 0 Å². The smallest absolute Gasteiger partial charge is 0.0749 e. The Morgan fingerprint density at radius 2 is 1.84 bits per heavy atom. The maximum Gasteiger partial charge on any atom is 0.0749 e. The first-order valence-corrected chi connectivity index (χ1v) is 6.64. The highest BCUT2D eigenvalue weighted by molar-refractivity contribution is 6.44. The van der Waals surface area contributed by atoms with E-state index in [0.717, 1.165) is 16.8 Å². The van der Waals surface area contributed by atoms with Crippen LogP contribution in [0.4, 0.5) is 0 Å². The summed E-state index contributed by atoms with van der Waals surface area (Å²) >= 11 is 18.1. The molecule has 96 valence electrons. The van der Waals surface area contributed by atoms with Gasteiger partial charge in [0.1, 0.15) is 0 Å². The first-order chi connectivity index (χ1) is 9.04. The Hall–Kier alpha value is -1.27. The van der Waals surface area contributed by atoms with Gasteiger partial charge in [-0.1, -0.05) is 34.8 Å². The Kier molecular flexibility index (Phi) is 4.31. The number of hydrogen-bond acceptors (Lipinski definition) is 2. The highest BCUT2D eigenvalue weighted by Gasteiger charge is 2.13. The zero-order valence-corrected chi connectivity index (χ0v) is 12.3. The summed E-state index contributed by atoms with van der Waals surface area (Å²) in [6.45, 7) is 1.91. The minimum absolute atomic E-state index is 0.334. The Morgan fingerprint density at radius 1 is 1.16 bits per heavy atom. The summed E-state index contributed by atoms with van der Waals surface area (Å²) in [5, 5.41) is 10.1. The monoisotopic (exact) mass is 310 g/mol. The summed E-state index contributed by atoms with van der Waals surface area (Å²) in [4.78, 5) is 4.33. The summed E-state index contributed by atoms with van der Waals surface area (Å²) in [5.74, 6) is 0. The number of aromatic nitrogens is 1. The lowest BCUT2D eigenvalue weighted by atomic mass is 10.0. The second-order valence-corrected chi connectivity index (χ2v) is 5.25. The van der Waals surface area contributed by atoms with Crippen molar-refractivity contribution in [2.24, 2.45) is 0 Å². The maximum absolute atomic E-state index is 8.81. The van der Waals surface area contributed by atoms with Gasteiger partial charge in [-0.3, -0.25) is 4.98 Å². The summed E-state index contributed by atoms with van der Waals surface area (Å²) in [7, 11) is 0. The molecule has 2 rings (SSSR count). The van der Waals surface area contributed by atoms with Crippen molar-refractivity contribution in [1.29, 1.82) is 5.26 Å². The minimum Gasteiger partial charge on any atom is -0.256 e. The highest BCUT2D eigenvalue weighted by Crippen LogP contribution is 2.36. The van der Waals surface area contributed by atoms with Crippen LogP contribution in [0, 0.1) is 18.3 Å². The first kappa shape index (κ1) is 14.1. The molecule has 0 amide bonds. The van der Waals surface area contributed by atoms with Crippen molar-refractivity contribution in [3.05, 3.63) is 50.6 Å². The van der Waals surface area contributed by atoms with Gasteiger partial charge in [0.15, 0.2) is 0 Å². The van der Waals surface area contributed by atoms with Crippen LogP contribution in [0.3, 0.4) is 0 Å². The minimum atomic E-state index is 0.334. The van der Waals surface area contributed by atoms with Gasteiger partial charge >= 0.3 is 0 Å². The average Bonchev–Trinajstić information content (AvgIpc) is 2.37. The van der Waals surface area contributed by atoms with Crippen molar-refractivity contribution in [2.75, 3.05) is 0 Å². The zero-order chi connectivity index (χ0) is 14.0. The predicted molar refractivity (Wildman–Crippen MR) is 78.8 cm³/mol. The molecule has 1 heterocycles.